The van der Waals surface area contributed by atoms with Crippen LogP contribution in [0, 0.1) is 0 Å². The van der Waals surface area contributed by atoms with Crippen molar-refractivity contribution in [1.29, 1.82) is 0 Å². The molecule has 0 fully saturated rings. The first-order valence-electron chi connectivity index (χ1n) is 11.4. The molecule has 2 aromatic heterocycles. The Morgan fingerprint density at radius 2 is 1.78 bits per heavy atom. The molecule has 0 aliphatic rings. The van der Waals surface area contributed by atoms with Gasteiger partial charge < -0.3 is 13.7 Å². The predicted molar refractivity (Wildman–Crippen MR) is 134 cm³/mol. The highest BCUT2D eigenvalue weighted by Crippen LogP contribution is 2.41. The lowest BCUT2D eigenvalue weighted by Gasteiger charge is -2.15. The largest absolute Gasteiger partial charge is 0.494 e. The smallest absolute Gasteiger partial charge is 0.432 e. The van der Waals surface area contributed by atoms with E-state index in [2.05, 4.69) is 4.98 Å². The van der Waals surface area contributed by atoms with Crippen LogP contribution >= 0.6 is 11.6 Å². The fourth-order valence-electron chi connectivity index (χ4n) is 4.27. The van der Waals surface area contributed by atoms with Crippen molar-refractivity contribution in [2.24, 2.45) is 0 Å². The third-order valence-corrected chi connectivity index (χ3v) is 6.10. The summed E-state index contributed by atoms with van der Waals surface area (Å²) < 4.78 is 56.2. The number of oxazole rings is 1. The molecule has 3 aromatic carbocycles. The first kappa shape index (κ1) is 24.6. The van der Waals surface area contributed by atoms with Crippen LogP contribution in [0.2, 0.25) is 5.02 Å². The molecular formula is C28H20ClF3N2O3. The molecule has 2 heterocycles. The van der Waals surface area contributed by atoms with E-state index in [-0.39, 0.29) is 29.1 Å². The number of halogens is 4. The SMILES string of the molecule is CCOc1ccc2c(c1)c(C(=O)c1cnc(-c3ccccc3)o1)c(C(F)(F)F)n2Cc1ccc(Cl)cc1. The first-order valence-corrected chi connectivity index (χ1v) is 11.8. The summed E-state index contributed by atoms with van der Waals surface area (Å²) >= 11 is 5.96. The Bertz CT molecular complexity index is 1570. The summed E-state index contributed by atoms with van der Waals surface area (Å²) in [4.78, 5) is 17.8. The van der Waals surface area contributed by atoms with Gasteiger partial charge in [0, 0.05) is 28.0 Å². The first-order chi connectivity index (χ1) is 17.8. The van der Waals surface area contributed by atoms with Crippen LogP contribution in [0.15, 0.2) is 83.4 Å². The molecule has 0 amide bonds. The Hall–Kier alpha value is -4.04. The van der Waals surface area contributed by atoms with E-state index in [0.717, 1.165) is 10.8 Å². The monoisotopic (exact) mass is 524 g/mol. The second-order valence-electron chi connectivity index (χ2n) is 8.27. The molecular weight excluding hydrogens is 505 g/mol. The fourth-order valence-corrected chi connectivity index (χ4v) is 4.39. The maximum atomic E-state index is 14.6. The molecule has 188 valence electrons. The number of rotatable bonds is 7. The quantitative estimate of drug-likeness (QED) is 0.205. The number of ether oxygens (including phenoxy) is 1. The van der Waals surface area contributed by atoms with Crippen LogP contribution in [0.3, 0.4) is 0 Å². The maximum Gasteiger partial charge on any atom is 0.432 e. The van der Waals surface area contributed by atoms with E-state index in [1.165, 1.54) is 12.1 Å². The number of aromatic nitrogens is 2. The number of hydrogen-bond donors (Lipinski definition) is 0. The van der Waals surface area contributed by atoms with Crippen molar-refractivity contribution in [2.75, 3.05) is 6.61 Å². The van der Waals surface area contributed by atoms with Gasteiger partial charge in [-0.2, -0.15) is 13.2 Å². The maximum absolute atomic E-state index is 14.6. The summed E-state index contributed by atoms with van der Waals surface area (Å²) in [6.07, 6.45) is -3.69. The third-order valence-electron chi connectivity index (χ3n) is 5.85. The van der Waals surface area contributed by atoms with Crippen molar-refractivity contribution in [3.63, 3.8) is 0 Å². The lowest BCUT2D eigenvalue weighted by molar-refractivity contribution is -0.143. The Morgan fingerprint density at radius 1 is 1.05 bits per heavy atom. The van der Waals surface area contributed by atoms with E-state index >= 15 is 0 Å². The van der Waals surface area contributed by atoms with Crippen molar-refractivity contribution >= 4 is 28.3 Å². The molecule has 0 aliphatic heterocycles. The van der Waals surface area contributed by atoms with Crippen LogP contribution in [0.25, 0.3) is 22.4 Å². The zero-order valence-corrected chi connectivity index (χ0v) is 20.3. The Morgan fingerprint density at radius 3 is 2.46 bits per heavy atom. The second kappa shape index (κ2) is 9.78. The number of carbonyl (C=O) groups excluding carboxylic acids is 1. The normalized spacial score (nSPS) is 11.7. The molecule has 0 radical (unpaired) electrons. The molecule has 0 bridgehead atoms. The van der Waals surface area contributed by atoms with Crippen molar-refractivity contribution in [2.45, 2.75) is 19.6 Å². The molecule has 9 heteroatoms. The zero-order chi connectivity index (χ0) is 26.2. The molecule has 0 saturated carbocycles. The molecule has 5 rings (SSSR count). The summed E-state index contributed by atoms with van der Waals surface area (Å²) in [6, 6.07) is 19.9. The van der Waals surface area contributed by atoms with Gasteiger partial charge in [-0.25, -0.2) is 4.98 Å². The molecule has 0 atom stereocenters. The van der Waals surface area contributed by atoms with E-state index < -0.39 is 23.2 Å². The van der Waals surface area contributed by atoms with Gasteiger partial charge in [0.1, 0.15) is 11.4 Å². The van der Waals surface area contributed by atoms with Crippen LogP contribution in [0.1, 0.15) is 34.3 Å². The van der Waals surface area contributed by atoms with Gasteiger partial charge in [-0.3, -0.25) is 4.79 Å². The van der Waals surface area contributed by atoms with Crippen molar-refractivity contribution in [3.05, 3.63) is 107 Å². The highest BCUT2D eigenvalue weighted by atomic mass is 35.5. The van der Waals surface area contributed by atoms with Crippen LogP contribution in [0.5, 0.6) is 5.75 Å². The number of fused-ring (bicyclic) bond motifs is 1. The van der Waals surface area contributed by atoms with E-state index in [4.69, 9.17) is 20.8 Å². The highest BCUT2D eigenvalue weighted by Gasteiger charge is 2.42. The van der Waals surface area contributed by atoms with Crippen molar-refractivity contribution < 1.29 is 27.1 Å². The van der Waals surface area contributed by atoms with Crippen LogP contribution in [-0.2, 0) is 12.7 Å². The molecule has 5 nitrogen and oxygen atoms in total. The lowest BCUT2D eigenvalue weighted by Crippen LogP contribution is -2.18. The van der Waals surface area contributed by atoms with Crippen molar-refractivity contribution in [1.82, 2.24) is 9.55 Å². The molecule has 0 spiro atoms. The van der Waals surface area contributed by atoms with Gasteiger partial charge in [0.05, 0.1) is 18.4 Å². The lowest BCUT2D eigenvalue weighted by atomic mass is 10.0. The van der Waals surface area contributed by atoms with Gasteiger partial charge in [0.15, 0.2) is 5.76 Å². The van der Waals surface area contributed by atoms with Crippen LogP contribution < -0.4 is 4.74 Å². The predicted octanol–water partition coefficient (Wildman–Crippen LogP) is 7.65. The number of ketones is 1. The highest BCUT2D eigenvalue weighted by molar-refractivity contribution is 6.30. The van der Waals surface area contributed by atoms with Gasteiger partial charge in [0.25, 0.3) is 0 Å². The topological polar surface area (TPSA) is 57.3 Å². The average molecular weight is 525 g/mol. The fraction of sp³-hybridized carbons (Fsp3) is 0.143. The molecule has 37 heavy (non-hydrogen) atoms. The summed E-state index contributed by atoms with van der Waals surface area (Å²) in [5, 5.41) is 0.573. The van der Waals surface area contributed by atoms with Crippen LogP contribution in [0.4, 0.5) is 13.2 Å². The Balaban J connectivity index is 1.71. The standard InChI is InChI=1S/C28H20ClF3N2O3/c1-2-36-20-12-13-22-21(14-20)24(25(35)23-15-33-27(37-23)18-6-4-3-5-7-18)26(28(30,31)32)34(22)16-17-8-10-19(29)11-9-17/h3-15H,2,16H2,1H3. The van der Waals surface area contributed by atoms with Crippen molar-refractivity contribution in [3.8, 4) is 17.2 Å². The Labute approximate surface area is 215 Å². The second-order valence-corrected chi connectivity index (χ2v) is 8.71. The average Bonchev–Trinajstić information content (AvgIpc) is 3.49. The van der Waals surface area contributed by atoms with Gasteiger partial charge in [-0.05, 0) is 55.0 Å². The third kappa shape index (κ3) is 4.84. The van der Waals surface area contributed by atoms with Crippen LogP contribution in [-0.4, -0.2) is 21.9 Å². The molecule has 0 saturated heterocycles. The zero-order valence-electron chi connectivity index (χ0n) is 19.6. The van der Waals surface area contributed by atoms with Gasteiger partial charge >= 0.3 is 6.18 Å². The summed E-state index contributed by atoms with van der Waals surface area (Å²) in [5.41, 5.74) is -0.175. The molecule has 0 unspecified atom stereocenters. The minimum absolute atomic E-state index is 0.106. The van der Waals surface area contributed by atoms with Gasteiger partial charge in [-0.15, -0.1) is 0 Å². The Kier molecular flexibility index (Phi) is 6.52. The van der Waals surface area contributed by atoms with Gasteiger partial charge in [-0.1, -0.05) is 41.9 Å². The van der Waals surface area contributed by atoms with E-state index in [1.807, 2.05) is 0 Å². The van der Waals surface area contributed by atoms with E-state index in [9.17, 15) is 18.0 Å². The minimum Gasteiger partial charge on any atom is -0.494 e. The molecule has 0 N–H and O–H groups in total. The number of alkyl halides is 3. The number of hydrogen-bond acceptors (Lipinski definition) is 4. The number of nitrogens with zero attached hydrogens (tertiary/aromatic N) is 2. The summed E-state index contributed by atoms with van der Waals surface area (Å²) in [6.45, 7) is 1.95. The van der Waals surface area contributed by atoms with E-state index in [0.29, 0.717) is 28.5 Å². The molecule has 5 aromatic rings. The molecule has 0 aliphatic carbocycles. The minimum atomic E-state index is -4.84. The van der Waals surface area contributed by atoms with E-state index in [1.54, 1.807) is 67.6 Å². The summed E-state index contributed by atoms with van der Waals surface area (Å²) in [5.74, 6) is -0.728. The number of carbonyl (C=O) groups is 1. The van der Waals surface area contributed by atoms with Gasteiger partial charge in [0.2, 0.25) is 11.7 Å². The number of benzene rings is 3. The summed E-state index contributed by atoms with van der Waals surface area (Å²) in [7, 11) is 0.